The number of rotatable bonds is 5. The summed E-state index contributed by atoms with van der Waals surface area (Å²) in [6.07, 6.45) is 9.71. The second-order valence-corrected chi connectivity index (χ2v) is 2.61. The van der Waals surface area contributed by atoms with Gasteiger partial charge < -0.3 is 0 Å². The minimum atomic E-state index is 1.26. The van der Waals surface area contributed by atoms with Crippen LogP contribution >= 0.6 is 0 Å². The van der Waals surface area contributed by atoms with Crippen LogP contribution in [0.15, 0.2) is 11.6 Å². The van der Waals surface area contributed by atoms with Crippen molar-refractivity contribution in [1.29, 1.82) is 0 Å². The Kier molecular flexibility index (Phi) is 6.68. The first kappa shape index (κ1) is 9.74. The maximum Gasteiger partial charge on any atom is -0.0169 e. The number of hydrogen-bond donors (Lipinski definition) is 0. The monoisotopic (exact) mass is 139 g/mol. The lowest BCUT2D eigenvalue weighted by atomic mass is 10.1. The minimum absolute atomic E-state index is 1.26. The molecule has 0 nitrogen and oxygen atoms in total. The first-order chi connectivity index (χ1) is 4.85. The largest absolute Gasteiger partial charge is 0.0882 e. The number of unbranched alkanes of at least 4 members (excludes halogenated alkanes) is 2. The summed E-state index contributed by atoms with van der Waals surface area (Å²) in [6.45, 7) is 6.47. The number of hydrogen-bond acceptors (Lipinski definition) is 0. The summed E-state index contributed by atoms with van der Waals surface area (Å²) >= 11 is 0. The highest BCUT2D eigenvalue weighted by Crippen LogP contribution is 2.10. The Morgan fingerprint density at radius 3 is 2.30 bits per heavy atom. The number of allylic oxidation sites excluding steroid dienone is 2. The summed E-state index contributed by atoms with van der Waals surface area (Å²) in [4.78, 5) is 0. The van der Waals surface area contributed by atoms with Crippen molar-refractivity contribution in [3.05, 3.63) is 18.1 Å². The van der Waals surface area contributed by atoms with Crippen molar-refractivity contribution in [2.45, 2.75) is 46.5 Å². The van der Waals surface area contributed by atoms with E-state index in [2.05, 4.69) is 33.3 Å². The van der Waals surface area contributed by atoms with Crippen LogP contribution in [0.3, 0.4) is 0 Å². The molecule has 10 heavy (non-hydrogen) atoms. The van der Waals surface area contributed by atoms with Crippen molar-refractivity contribution >= 4 is 0 Å². The smallest absolute Gasteiger partial charge is 0.0169 e. The van der Waals surface area contributed by atoms with Gasteiger partial charge in [0.2, 0.25) is 0 Å². The highest BCUT2D eigenvalue weighted by atomic mass is 14.0. The Morgan fingerprint density at radius 1 is 1.20 bits per heavy atom. The third kappa shape index (κ3) is 4.60. The van der Waals surface area contributed by atoms with Crippen LogP contribution in [0, 0.1) is 6.42 Å². The fourth-order valence-corrected chi connectivity index (χ4v) is 1.03. The van der Waals surface area contributed by atoms with Gasteiger partial charge in [-0.25, -0.2) is 0 Å². The minimum Gasteiger partial charge on any atom is -0.0882 e. The Balaban J connectivity index is 3.27. The van der Waals surface area contributed by atoms with Gasteiger partial charge in [-0.2, -0.15) is 0 Å². The second-order valence-electron chi connectivity index (χ2n) is 2.61. The first-order valence-electron chi connectivity index (χ1n) is 4.29. The standard InChI is InChI=1S/C10H19/c1-4-7-8-9-10(5-2)6-3/h5-6H,4,7-9H2,1-3H3/b10-5+. The van der Waals surface area contributed by atoms with Crippen LogP contribution in [0.4, 0.5) is 0 Å². The van der Waals surface area contributed by atoms with Crippen LogP contribution in [-0.2, 0) is 0 Å². The van der Waals surface area contributed by atoms with Crippen molar-refractivity contribution in [1.82, 2.24) is 0 Å². The molecule has 59 valence electrons. The van der Waals surface area contributed by atoms with E-state index in [0.717, 1.165) is 0 Å². The molecular weight excluding hydrogens is 120 g/mol. The third-order valence-electron chi connectivity index (χ3n) is 1.81. The zero-order chi connectivity index (χ0) is 7.82. The lowest BCUT2D eigenvalue weighted by Gasteiger charge is -2.00. The highest BCUT2D eigenvalue weighted by molar-refractivity contribution is 5.09. The van der Waals surface area contributed by atoms with E-state index < -0.39 is 0 Å². The summed E-state index contributed by atoms with van der Waals surface area (Å²) in [5.74, 6) is 0. The predicted molar refractivity (Wildman–Crippen MR) is 47.9 cm³/mol. The Hall–Kier alpha value is -0.260. The van der Waals surface area contributed by atoms with Gasteiger partial charge in [-0.3, -0.25) is 0 Å². The molecule has 0 aromatic carbocycles. The lowest BCUT2D eigenvalue weighted by molar-refractivity contribution is 0.714. The summed E-state index contributed by atoms with van der Waals surface area (Å²) in [6, 6.07) is 0. The molecule has 0 atom stereocenters. The molecule has 0 N–H and O–H groups in total. The quantitative estimate of drug-likeness (QED) is 0.509. The Morgan fingerprint density at radius 2 is 1.90 bits per heavy atom. The highest BCUT2D eigenvalue weighted by Gasteiger charge is 1.91. The van der Waals surface area contributed by atoms with E-state index in [1.54, 1.807) is 0 Å². The fourth-order valence-electron chi connectivity index (χ4n) is 1.03. The van der Waals surface area contributed by atoms with E-state index >= 15 is 0 Å². The molecule has 0 rings (SSSR count). The topological polar surface area (TPSA) is 0 Å². The van der Waals surface area contributed by atoms with Crippen LogP contribution in [0.1, 0.15) is 46.5 Å². The molecule has 0 unspecified atom stereocenters. The van der Waals surface area contributed by atoms with Gasteiger partial charge in [-0.05, 0) is 26.2 Å². The molecular formula is C10H19. The molecule has 0 aromatic heterocycles. The summed E-state index contributed by atoms with van der Waals surface area (Å²) in [7, 11) is 0. The van der Waals surface area contributed by atoms with Crippen molar-refractivity contribution in [3.63, 3.8) is 0 Å². The van der Waals surface area contributed by atoms with Gasteiger partial charge in [0.1, 0.15) is 0 Å². The molecule has 0 fully saturated rings. The van der Waals surface area contributed by atoms with Crippen molar-refractivity contribution in [3.8, 4) is 0 Å². The van der Waals surface area contributed by atoms with Crippen molar-refractivity contribution in [2.24, 2.45) is 0 Å². The van der Waals surface area contributed by atoms with Crippen LogP contribution in [-0.4, -0.2) is 0 Å². The van der Waals surface area contributed by atoms with Gasteiger partial charge in [0.25, 0.3) is 0 Å². The zero-order valence-corrected chi connectivity index (χ0v) is 7.48. The van der Waals surface area contributed by atoms with Crippen molar-refractivity contribution < 1.29 is 0 Å². The Labute approximate surface area is 65.3 Å². The molecule has 0 bridgehead atoms. The fraction of sp³-hybridized carbons (Fsp3) is 0.700. The summed E-state index contributed by atoms with van der Waals surface area (Å²) < 4.78 is 0. The van der Waals surface area contributed by atoms with E-state index in [-0.39, 0.29) is 0 Å². The first-order valence-corrected chi connectivity index (χ1v) is 4.29. The van der Waals surface area contributed by atoms with E-state index in [1.165, 1.54) is 31.3 Å². The van der Waals surface area contributed by atoms with E-state index in [0.29, 0.717) is 0 Å². The molecule has 0 heterocycles. The van der Waals surface area contributed by atoms with E-state index in [9.17, 15) is 0 Å². The van der Waals surface area contributed by atoms with Gasteiger partial charge in [0.05, 0.1) is 0 Å². The third-order valence-corrected chi connectivity index (χ3v) is 1.81. The van der Waals surface area contributed by atoms with Gasteiger partial charge in [0.15, 0.2) is 0 Å². The maximum absolute atomic E-state index is 2.24. The molecule has 0 spiro atoms. The van der Waals surface area contributed by atoms with Crippen LogP contribution in [0.5, 0.6) is 0 Å². The molecule has 0 aromatic rings. The molecule has 0 amide bonds. The molecule has 0 heteroatoms. The average Bonchev–Trinajstić information content (AvgIpc) is 1.99. The van der Waals surface area contributed by atoms with Gasteiger partial charge in [-0.1, -0.05) is 38.3 Å². The van der Waals surface area contributed by atoms with Gasteiger partial charge in [0, 0.05) is 0 Å². The Bertz CT molecular complexity index is 90.2. The summed E-state index contributed by atoms with van der Waals surface area (Å²) in [5, 5.41) is 0. The molecule has 0 saturated carbocycles. The van der Waals surface area contributed by atoms with Gasteiger partial charge >= 0.3 is 0 Å². The zero-order valence-electron chi connectivity index (χ0n) is 7.48. The predicted octanol–water partition coefficient (Wildman–Crippen LogP) is 3.74. The van der Waals surface area contributed by atoms with Crippen molar-refractivity contribution in [2.75, 3.05) is 0 Å². The van der Waals surface area contributed by atoms with E-state index in [1.807, 2.05) is 0 Å². The molecule has 0 aliphatic heterocycles. The SMILES string of the molecule is C[CH]/C(=C\C)CCCCC. The van der Waals surface area contributed by atoms with Gasteiger partial charge in [-0.15, -0.1) is 0 Å². The van der Waals surface area contributed by atoms with Crippen LogP contribution in [0.2, 0.25) is 0 Å². The van der Waals surface area contributed by atoms with Crippen LogP contribution in [0.25, 0.3) is 0 Å². The average molecular weight is 139 g/mol. The molecule has 1 radical (unpaired) electrons. The molecule has 0 aliphatic rings. The lowest BCUT2D eigenvalue weighted by Crippen LogP contribution is -1.81. The second kappa shape index (κ2) is 6.85. The van der Waals surface area contributed by atoms with E-state index in [4.69, 9.17) is 0 Å². The summed E-state index contributed by atoms with van der Waals surface area (Å²) in [5.41, 5.74) is 1.49. The molecule has 0 aliphatic carbocycles. The van der Waals surface area contributed by atoms with Crippen LogP contribution < -0.4 is 0 Å². The molecule has 0 saturated heterocycles. The maximum atomic E-state index is 2.24. The normalized spacial score (nSPS) is 12.1.